The van der Waals surface area contributed by atoms with E-state index in [-0.39, 0.29) is 22.8 Å². The Labute approximate surface area is 128 Å². The van der Waals surface area contributed by atoms with Crippen molar-refractivity contribution in [2.24, 2.45) is 10.2 Å². The molecule has 0 spiro atoms. The van der Waals surface area contributed by atoms with Gasteiger partial charge in [0.15, 0.2) is 17.1 Å². The molecule has 23 heavy (non-hydrogen) atoms. The molecule has 0 aliphatic heterocycles. The first-order valence-corrected chi connectivity index (χ1v) is 6.57. The van der Waals surface area contributed by atoms with Crippen molar-refractivity contribution in [3.8, 4) is 5.75 Å². The highest BCUT2D eigenvalue weighted by Crippen LogP contribution is 2.33. The molecular weight excluding hydrogens is 300 g/mol. The molecule has 3 aromatic rings. The van der Waals surface area contributed by atoms with Crippen molar-refractivity contribution in [1.82, 2.24) is 4.98 Å². The minimum atomic E-state index is -0.636. The van der Waals surface area contributed by atoms with Crippen LogP contribution in [-0.4, -0.2) is 15.0 Å². The number of nitrogens with zero attached hydrogens (tertiary/aromatic N) is 3. The Hall–Kier alpha value is -3.55. The SMILES string of the molecule is O=c1[nH]c2ccccc2c(O)c1N=Nc1ccccc1[N+](=O)[O-]. The largest absolute Gasteiger partial charge is 0.505 e. The number of para-hydroxylation sites is 2. The van der Waals surface area contributed by atoms with Crippen LogP contribution in [-0.2, 0) is 0 Å². The van der Waals surface area contributed by atoms with Gasteiger partial charge in [-0.15, -0.1) is 10.2 Å². The van der Waals surface area contributed by atoms with Gasteiger partial charge in [0.1, 0.15) is 0 Å². The van der Waals surface area contributed by atoms with Crippen LogP contribution in [0.5, 0.6) is 5.75 Å². The Morgan fingerprint density at radius 1 is 1.04 bits per heavy atom. The van der Waals surface area contributed by atoms with Crippen molar-refractivity contribution in [2.45, 2.75) is 0 Å². The number of aromatic amines is 1. The monoisotopic (exact) mass is 310 g/mol. The van der Waals surface area contributed by atoms with Crippen molar-refractivity contribution >= 4 is 28.0 Å². The van der Waals surface area contributed by atoms with Crippen LogP contribution in [0.3, 0.4) is 0 Å². The molecule has 0 amide bonds. The Morgan fingerprint density at radius 2 is 1.74 bits per heavy atom. The number of H-pyrrole nitrogens is 1. The summed E-state index contributed by atoms with van der Waals surface area (Å²) >= 11 is 0. The second-order valence-corrected chi connectivity index (χ2v) is 4.64. The summed E-state index contributed by atoms with van der Waals surface area (Å²) in [5.74, 6) is -0.327. The van der Waals surface area contributed by atoms with Crippen LogP contribution < -0.4 is 5.56 Å². The molecule has 8 nitrogen and oxygen atoms in total. The molecule has 2 N–H and O–H groups in total. The molecule has 0 fully saturated rings. The smallest absolute Gasteiger partial charge is 0.296 e. The van der Waals surface area contributed by atoms with E-state index in [1.807, 2.05) is 0 Å². The Bertz CT molecular complexity index is 994. The zero-order valence-electron chi connectivity index (χ0n) is 11.6. The molecule has 3 rings (SSSR count). The van der Waals surface area contributed by atoms with Gasteiger partial charge < -0.3 is 10.1 Å². The van der Waals surface area contributed by atoms with Gasteiger partial charge in [-0.2, -0.15) is 0 Å². The molecule has 0 bridgehead atoms. The molecular formula is C15H10N4O4. The fraction of sp³-hybridized carbons (Fsp3) is 0. The Kier molecular flexibility index (Phi) is 3.55. The van der Waals surface area contributed by atoms with Crippen molar-refractivity contribution in [3.63, 3.8) is 0 Å². The number of fused-ring (bicyclic) bond motifs is 1. The third kappa shape index (κ3) is 2.64. The van der Waals surface area contributed by atoms with E-state index in [4.69, 9.17) is 0 Å². The van der Waals surface area contributed by atoms with Crippen molar-refractivity contribution in [2.75, 3.05) is 0 Å². The lowest BCUT2D eigenvalue weighted by molar-refractivity contribution is -0.384. The molecule has 0 saturated heterocycles. The number of azo groups is 1. The number of hydrogen-bond acceptors (Lipinski definition) is 6. The van der Waals surface area contributed by atoms with Crippen molar-refractivity contribution in [3.05, 3.63) is 69.0 Å². The van der Waals surface area contributed by atoms with Crippen LogP contribution in [0.2, 0.25) is 0 Å². The summed E-state index contributed by atoms with van der Waals surface area (Å²) in [4.78, 5) is 24.9. The maximum atomic E-state index is 12.0. The van der Waals surface area contributed by atoms with Gasteiger partial charge in [0, 0.05) is 11.5 Å². The third-order valence-corrected chi connectivity index (χ3v) is 3.21. The lowest BCUT2D eigenvalue weighted by atomic mass is 10.2. The molecule has 0 saturated carbocycles. The van der Waals surface area contributed by atoms with E-state index in [9.17, 15) is 20.0 Å². The van der Waals surface area contributed by atoms with Gasteiger partial charge in [0.2, 0.25) is 0 Å². The van der Waals surface area contributed by atoms with E-state index in [0.29, 0.717) is 10.9 Å². The summed E-state index contributed by atoms with van der Waals surface area (Å²) in [7, 11) is 0. The quantitative estimate of drug-likeness (QED) is 0.436. The van der Waals surface area contributed by atoms with Crippen LogP contribution in [0.1, 0.15) is 0 Å². The number of rotatable bonds is 3. The summed E-state index contributed by atoms with van der Waals surface area (Å²) in [6.45, 7) is 0. The van der Waals surface area contributed by atoms with Gasteiger partial charge in [-0.3, -0.25) is 14.9 Å². The molecule has 0 aliphatic carbocycles. The van der Waals surface area contributed by atoms with Crippen LogP contribution in [0.15, 0.2) is 63.6 Å². The summed E-state index contributed by atoms with van der Waals surface area (Å²) in [5.41, 5.74) is -0.734. The molecule has 0 unspecified atom stereocenters. The predicted octanol–water partition coefficient (Wildman–Crippen LogP) is 3.56. The Balaban J connectivity index is 2.12. The van der Waals surface area contributed by atoms with E-state index in [1.165, 1.54) is 18.2 Å². The number of nitrogens with one attached hydrogen (secondary N) is 1. The zero-order valence-corrected chi connectivity index (χ0v) is 11.6. The summed E-state index contributed by atoms with van der Waals surface area (Å²) in [6, 6.07) is 12.4. The van der Waals surface area contributed by atoms with Crippen LogP contribution in [0.4, 0.5) is 17.1 Å². The van der Waals surface area contributed by atoms with E-state index >= 15 is 0 Å². The van der Waals surface area contributed by atoms with Crippen LogP contribution in [0.25, 0.3) is 10.9 Å². The van der Waals surface area contributed by atoms with E-state index in [2.05, 4.69) is 15.2 Å². The van der Waals surface area contributed by atoms with Crippen molar-refractivity contribution < 1.29 is 10.0 Å². The fourth-order valence-corrected chi connectivity index (χ4v) is 2.11. The van der Waals surface area contributed by atoms with Gasteiger partial charge >= 0.3 is 0 Å². The normalized spacial score (nSPS) is 11.1. The molecule has 0 aliphatic rings. The number of aromatic nitrogens is 1. The van der Waals surface area contributed by atoms with Crippen molar-refractivity contribution in [1.29, 1.82) is 0 Å². The first-order valence-electron chi connectivity index (χ1n) is 6.57. The highest BCUT2D eigenvalue weighted by atomic mass is 16.6. The number of pyridine rings is 1. The van der Waals surface area contributed by atoms with Gasteiger partial charge in [0.05, 0.1) is 10.4 Å². The molecule has 0 atom stereocenters. The minimum absolute atomic E-state index is 0.00976. The first-order chi connectivity index (χ1) is 11.1. The highest BCUT2D eigenvalue weighted by molar-refractivity contribution is 5.88. The molecule has 1 heterocycles. The number of hydrogen-bond donors (Lipinski definition) is 2. The highest BCUT2D eigenvalue weighted by Gasteiger charge is 2.14. The van der Waals surface area contributed by atoms with Gasteiger partial charge in [-0.25, -0.2) is 0 Å². The Morgan fingerprint density at radius 3 is 2.52 bits per heavy atom. The lowest BCUT2D eigenvalue weighted by Gasteiger charge is -2.02. The second-order valence-electron chi connectivity index (χ2n) is 4.64. The van der Waals surface area contributed by atoms with E-state index < -0.39 is 10.5 Å². The van der Waals surface area contributed by atoms with Gasteiger partial charge in [-0.05, 0) is 18.2 Å². The van der Waals surface area contributed by atoms with Gasteiger partial charge in [-0.1, -0.05) is 24.3 Å². The summed E-state index contributed by atoms with van der Waals surface area (Å²) in [6.07, 6.45) is 0. The van der Waals surface area contributed by atoms with E-state index in [0.717, 1.165) is 0 Å². The lowest BCUT2D eigenvalue weighted by Crippen LogP contribution is -2.04. The topological polar surface area (TPSA) is 121 Å². The number of aromatic hydroxyl groups is 1. The fourth-order valence-electron chi connectivity index (χ4n) is 2.11. The number of benzene rings is 2. The summed E-state index contributed by atoms with van der Waals surface area (Å²) in [5, 5.41) is 28.9. The average Bonchev–Trinajstić information content (AvgIpc) is 2.55. The average molecular weight is 310 g/mol. The molecule has 8 heteroatoms. The number of nitro benzene ring substituents is 1. The third-order valence-electron chi connectivity index (χ3n) is 3.21. The predicted molar refractivity (Wildman–Crippen MR) is 83.5 cm³/mol. The van der Waals surface area contributed by atoms with Crippen LogP contribution >= 0.6 is 0 Å². The zero-order chi connectivity index (χ0) is 16.4. The molecule has 1 aromatic heterocycles. The summed E-state index contributed by atoms with van der Waals surface area (Å²) < 4.78 is 0. The molecule has 0 radical (unpaired) electrons. The maximum absolute atomic E-state index is 12.0. The second kappa shape index (κ2) is 5.68. The molecule has 2 aromatic carbocycles. The van der Waals surface area contributed by atoms with E-state index in [1.54, 1.807) is 30.3 Å². The first kappa shape index (κ1) is 14.4. The van der Waals surface area contributed by atoms with Gasteiger partial charge in [0.25, 0.3) is 11.2 Å². The molecule has 114 valence electrons. The van der Waals surface area contributed by atoms with Crippen LogP contribution in [0, 0.1) is 10.1 Å². The minimum Gasteiger partial charge on any atom is -0.505 e. The standard InChI is InChI=1S/C15H10N4O4/c20-14-9-5-1-2-6-10(9)16-15(21)13(14)18-17-11-7-3-4-8-12(11)19(22)23/h1-8H,(H2,16,20,21). The number of nitro groups is 1. The maximum Gasteiger partial charge on any atom is 0.296 e.